The van der Waals surface area contributed by atoms with E-state index in [0.717, 1.165) is 0 Å². The number of nitrogens with zero attached hydrogens (tertiary/aromatic N) is 2. The van der Waals surface area contributed by atoms with Crippen LogP contribution in [-0.2, 0) is 31.4 Å². The third-order valence-electron chi connectivity index (χ3n) is 3.46. The van der Waals surface area contributed by atoms with Gasteiger partial charge in [0, 0.05) is 30.5 Å². The summed E-state index contributed by atoms with van der Waals surface area (Å²) in [7, 11) is -2.14. The molecule has 0 aliphatic rings. The van der Waals surface area contributed by atoms with Gasteiger partial charge >= 0.3 is 5.97 Å². The fraction of sp³-hybridized carbons (Fsp3) is 0.312. The van der Waals surface area contributed by atoms with E-state index in [0.29, 0.717) is 16.5 Å². The molecular weight excluding hydrogens is 396 g/mol. The minimum absolute atomic E-state index is 0.128. The van der Waals surface area contributed by atoms with Crippen LogP contribution < -0.4 is 10.0 Å². The summed E-state index contributed by atoms with van der Waals surface area (Å²) in [5, 5.41) is 2.86. The predicted octanol–water partition coefficient (Wildman–Crippen LogP) is 1.23. The molecule has 2 rings (SSSR count). The molecule has 0 saturated heterocycles. The first kappa shape index (κ1) is 20.9. The number of rotatable bonds is 8. The van der Waals surface area contributed by atoms with Crippen molar-refractivity contribution in [3.05, 3.63) is 41.3 Å². The number of imidazole rings is 1. The van der Waals surface area contributed by atoms with Crippen molar-refractivity contribution in [2.45, 2.75) is 18.4 Å². The van der Waals surface area contributed by atoms with Crippen molar-refractivity contribution in [2.75, 3.05) is 18.5 Å². The average molecular weight is 415 g/mol. The molecule has 0 atom stereocenters. The van der Waals surface area contributed by atoms with Gasteiger partial charge in [-0.2, -0.15) is 0 Å². The van der Waals surface area contributed by atoms with E-state index < -0.39 is 28.5 Å². The number of hydrogen-bond donors (Lipinski definition) is 2. The van der Waals surface area contributed by atoms with Crippen LogP contribution in [0.4, 0.5) is 5.69 Å². The number of hydrogen-bond acceptors (Lipinski definition) is 6. The first-order valence-corrected chi connectivity index (χ1v) is 9.74. The second kappa shape index (κ2) is 8.98. The van der Waals surface area contributed by atoms with Crippen molar-refractivity contribution >= 4 is 39.2 Å². The highest BCUT2D eigenvalue weighted by atomic mass is 35.5. The molecule has 1 amide bonds. The standard InChI is InChI=1S/C16H19ClN4O5S/c1-11-19-15(9-21(11)2)27(24,25)18-7-6-16(23)26-10-14(22)20-13-5-3-4-12(17)8-13/h3-5,8-9,18H,6-7,10H2,1-2H3,(H,20,22). The molecule has 0 spiro atoms. The summed E-state index contributed by atoms with van der Waals surface area (Å²) in [5.41, 5.74) is 0.474. The van der Waals surface area contributed by atoms with Crippen LogP contribution in [0.15, 0.2) is 35.5 Å². The Bertz CT molecular complexity index is 923. The van der Waals surface area contributed by atoms with Gasteiger partial charge in [-0.05, 0) is 25.1 Å². The van der Waals surface area contributed by atoms with E-state index in [1.165, 1.54) is 6.20 Å². The van der Waals surface area contributed by atoms with Gasteiger partial charge in [-0.1, -0.05) is 17.7 Å². The van der Waals surface area contributed by atoms with E-state index in [4.69, 9.17) is 16.3 Å². The van der Waals surface area contributed by atoms with Crippen LogP contribution in [0.25, 0.3) is 0 Å². The van der Waals surface area contributed by atoms with Crippen LogP contribution in [0, 0.1) is 6.92 Å². The lowest BCUT2D eigenvalue weighted by Crippen LogP contribution is -2.28. The third-order valence-corrected chi connectivity index (χ3v) is 5.02. The molecule has 0 unspecified atom stereocenters. The summed E-state index contributed by atoms with van der Waals surface area (Å²) in [4.78, 5) is 27.3. The van der Waals surface area contributed by atoms with Crippen LogP contribution in [0.3, 0.4) is 0 Å². The maximum atomic E-state index is 12.1. The molecule has 11 heteroatoms. The Morgan fingerprint density at radius 1 is 1.33 bits per heavy atom. The number of carbonyl (C=O) groups excluding carboxylic acids is 2. The Morgan fingerprint density at radius 2 is 2.07 bits per heavy atom. The van der Waals surface area contributed by atoms with Crippen molar-refractivity contribution < 1.29 is 22.7 Å². The number of sulfonamides is 1. The van der Waals surface area contributed by atoms with Crippen LogP contribution >= 0.6 is 11.6 Å². The predicted molar refractivity (Wildman–Crippen MR) is 98.8 cm³/mol. The van der Waals surface area contributed by atoms with Gasteiger partial charge < -0.3 is 14.6 Å². The summed E-state index contributed by atoms with van der Waals surface area (Å²) < 4.78 is 32.8. The molecule has 0 bridgehead atoms. The molecule has 146 valence electrons. The fourth-order valence-electron chi connectivity index (χ4n) is 2.00. The van der Waals surface area contributed by atoms with Gasteiger partial charge in [0.05, 0.1) is 6.42 Å². The minimum atomic E-state index is -3.82. The summed E-state index contributed by atoms with van der Waals surface area (Å²) in [5.74, 6) is -0.702. The average Bonchev–Trinajstić information content (AvgIpc) is 2.93. The number of benzene rings is 1. The van der Waals surface area contributed by atoms with Crippen LogP contribution in [0.1, 0.15) is 12.2 Å². The Morgan fingerprint density at radius 3 is 2.70 bits per heavy atom. The number of anilines is 1. The Kier molecular flexibility index (Phi) is 6.94. The molecule has 0 aliphatic heterocycles. The maximum Gasteiger partial charge on any atom is 0.307 e. The molecule has 0 radical (unpaired) electrons. The maximum absolute atomic E-state index is 12.1. The van der Waals surface area contributed by atoms with Gasteiger partial charge in [0.1, 0.15) is 5.82 Å². The summed E-state index contributed by atoms with van der Waals surface area (Å²) in [6, 6.07) is 6.51. The monoisotopic (exact) mass is 414 g/mol. The molecule has 0 saturated carbocycles. The molecule has 0 aliphatic carbocycles. The Hall–Kier alpha value is -2.43. The molecule has 0 fully saturated rings. The minimum Gasteiger partial charge on any atom is -0.456 e. The normalized spacial score (nSPS) is 11.2. The van der Waals surface area contributed by atoms with Gasteiger partial charge in [0.25, 0.3) is 15.9 Å². The van der Waals surface area contributed by atoms with E-state index in [9.17, 15) is 18.0 Å². The third kappa shape index (κ3) is 6.35. The van der Waals surface area contributed by atoms with Crippen molar-refractivity contribution in [3.63, 3.8) is 0 Å². The number of aromatic nitrogens is 2. The van der Waals surface area contributed by atoms with E-state index in [1.54, 1.807) is 42.8 Å². The lowest BCUT2D eigenvalue weighted by Gasteiger charge is -2.07. The van der Waals surface area contributed by atoms with E-state index in [-0.39, 0.29) is 18.0 Å². The van der Waals surface area contributed by atoms with E-state index in [2.05, 4.69) is 15.0 Å². The Labute approximate surface area is 161 Å². The molecule has 2 N–H and O–H groups in total. The topological polar surface area (TPSA) is 119 Å². The molecule has 9 nitrogen and oxygen atoms in total. The van der Waals surface area contributed by atoms with Crippen LogP contribution in [0.5, 0.6) is 0 Å². The number of amides is 1. The quantitative estimate of drug-likeness (QED) is 0.627. The van der Waals surface area contributed by atoms with Crippen LogP contribution in [-0.4, -0.2) is 43.0 Å². The van der Waals surface area contributed by atoms with Gasteiger partial charge in [-0.3, -0.25) is 9.59 Å². The molecule has 2 aromatic rings. The fourth-order valence-corrected chi connectivity index (χ4v) is 3.26. The van der Waals surface area contributed by atoms with Crippen molar-refractivity contribution in [1.29, 1.82) is 0 Å². The number of halogens is 1. The lowest BCUT2D eigenvalue weighted by molar-refractivity contribution is -0.147. The summed E-state index contributed by atoms with van der Waals surface area (Å²) in [6.07, 6.45) is 1.14. The first-order chi connectivity index (χ1) is 12.7. The van der Waals surface area contributed by atoms with Gasteiger partial charge in [-0.25, -0.2) is 18.1 Å². The van der Waals surface area contributed by atoms with Gasteiger partial charge in [0.2, 0.25) is 0 Å². The summed E-state index contributed by atoms with van der Waals surface area (Å²) in [6.45, 7) is 1.01. The molecule has 1 heterocycles. The highest BCUT2D eigenvalue weighted by molar-refractivity contribution is 7.89. The van der Waals surface area contributed by atoms with Gasteiger partial charge in [0.15, 0.2) is 11.6 Å². The second-order valence-corrected chi connectivity index (χ2v) is 7.75. The number of nitrogens with one attached hydrogen (secondary N) is 2. The highest BCUT2D eigenvalue weighted by Crippen LogP contribution is 2.14. The largest absolute Gasteiger partial charge is 0.456 e. The smallest absolute Gasteiger partial charge is 0.307 e. The first-order valence-electron chi connectivity index (χ1n) is 7.88. The zero-order valence-electron chi connectivity index (χ0n) is 14.7. The van der Waals surface area contributed by atoms with E-state index >= 15 is 0 Å². The van der Waals surface area contributed by atoms with E-state index in [1.807, 2.05) is 0 Å². The second-order valence-electron chi connectivity index (χ2n) is 5.60. The zero-order chi connectivity index (χ0) is 20.0. The van der Waals surface area contributed by atoms with Crippen LogP contribution in [0.2, 0.25) is 5.02 Å². The number of esters is 1. The molecular formula is C16H19ClN4O5S. The number of aryl methyl sites for hydroxylation is 2. The zero-order valence-corrected chi connectivity index (χ0v) is 16.3. The molecule has 1 aromatic heterocycles. The summed E-state index contributed by atoms with van der Waals surface area (Å²) >= 11 is 5.81. The number of carbonyl (C=O) groups is 2. The number of ether oxygens (including phenoxy) is 1. The molecule has 27 heavy (non-hydrogen) atoms. The molecule has 1 aromatic carbocycles. The van der Waals surface area contributed by atoms with Crippen molar-refractivity contribution in [3.8, 4) is 0 Å². The highest BCUT2D eigenvalue weighted by Gasteiger charge is 2.18. The van der Waals surface area contributed by atoms with Crippen molar-refractivity contribution in [2.24, 2.45) is 7.05 Å². The lowest BCUT2D eigenvalue weighted by atomic mass is 10.3. The SMILES string of the molecule is Cc1nc(S(=O)(=O)NCCC(=O)OCC(=O)Nc2cccc(Cl)c2)cn1C. The van der Waals surface area contributed by atoms with Gasteiger partial charge in [-0.15, -0.1) is 0 Å². The van der Waals surface area contributed by atoms with Crippen molar-refractivity contribution in [1.82, 2.24) is 14.3 Å². The Balaban J connectivity index is 1.73.